The van der Waals surface area contributed by atoms with Gasteiger partial charge in [-0.25, -0.2) is 4.99 Å². The maximum atomic E-state index is 13.6. The summed E-state index contributed by atoms with van der Waals surface area (Å²) in [5, 5.41) is 14.6. The van der Waals surface area contributed by atoms with Crippen LogP contribution in [0.3, 0.4) is 0 Å². The highest BCUT2D eigenvalue weighted by Crippen LogP contribution is 2.38. The van der Waals surface area contributed by atoms with Gasteiger partial charge < -0.3 is 24.8 Å². The molecule has 1 amide bonds. The van der Waals surface area contributed by atoms with E-state index in [-0.39, 0.29) is 25.3 Å². The molecule has 0 spiro atoms. The number of carbonyl (C=O) groups excluding carboxylic acids is 1. The van der Waals surface area contributed by atoms with Gasteiger partial charge in [0.2, 0.25) is 5.91 Å². The Morgan fingerprint density at radius 2 is 1.97 bits per heavy atom. The lowest BCUT2D eigenvalue weighted by atomic mass is 10.0. The summed E-state index contributed by atoms with van der Waals surface area (Å²) in [7, 11) is 0. The van der Waals surface area contributed by atoms with Crippen LogP contribution in [0.5, 0.6) is 11.5 Å². The van der Waals surface area contributed by atoms with Crippen LogP contribution in [0.15, 0.2) is 53.5 Å². The van der Waals surface area contributed by atoms with Crippen LogP contribution in [0.1, 0.15) is 5.56 Å². The fraction of sp³-hybridized carbons (Fsp3) is 0.391. The Labute approximate surface area is 192 Å². The summed E-state index contributed by atoms with van der Waals surface area (Å²) in [6, 6.07) is 14.9. The van der Waals surface area contributed by atoms with Crippen molar-refractivity contribution in [3.05, 3.63) is 54.1 Å². The van der Waals surface area contributed by atoms with E-state index in [0.29, 0.717) is 48.2 Å². The van der Waals surface area contributed by atoms with Crippen molar-refractivity contribution >= 4 is 28.9 Å². The number of rotatable bonds is 8. The average molecular weight is 459 g/mol. The van der Waals surface area contributed by atoms with Crippen molar-refractivity contribution in [2.24, 2.45) is 4.99 Å². The number of nitrogens with zero attached hydrogens (tertiary/aromatic N) is 2. The number of aliphatic hydroxyl groups is 1. The molecule has 2 aliphatic heterocycles. The quantitative estimate of drug-likeness (QED) is 0.413. The Balaban J connectivity index is 1.64. The Hall–Kier alpha value is -2.49. The Morgan fingerprint density at radius 1 is 1.19 bits per heavy atom. The molecule has 0 aliphatic carbocycles. The SMILES string of the molecule is O=C(C(Cl)C1=Nc2ccccc2Oc2ccccc21)N(CCOCCO)C1CNCCN1. The van der Waals surface area contributed by atoms with E-state index in [1.165, 1.54) is 0 Å². The van der Waals surface area contributed by atoms with Crippen LogP contribution in [0.25, 0.3) is 0 Å². The van der Waals surface area contributed by atoms with E-state index in [1.54, 1.807) is 4.90 Å². The first-order chi connectivity index (χ1) is 15.7. The number of halogens is 1. The number of hydrogen-bond acceptors (Lipinski definition) is 7. The summed E-state index contributed by atoms with van der Waals surface area (Å²) >= 11 is 6.82. The molecule has 1 fully saturated rings. The van der Waals surface area contributed by atoms with Crippen molar-refractivity contribution in [2.45, 2.75) is 11.5 Å². The predicted octanol–water partition coefficient (Wildman–Crippen LogP) is 1.88. The highest BCUT2D eigenvalue weighted by molar-refractivity contribution is 6.45. The molecule has 2 aromatic rings. The number of aliphatic imine (C=N–C) groups is 1. The van der Waals surface area contributed by atoms with Crippen LogP contribution in [0.2, 0.25) is 0 Å². The van der Waals surface area contributed by atoms with E-state index in [0.717, 1.165) is 13.1 Å². The third-order valence-electron chi connectivity index (χ3n) is 5.34. The largest absolute Gasteiger partial charge is 0.454 e. The molecule has 3 N–H and O–H groups in total. The first-order valence-corrected chi connectivity index (χ1v) is 11.1. The molecule has 170 valence electrons. The lowest BCUT2D eigenvalue weighted by molar-refractivity contribution is -0.133. The highest BCUT2D eigenvalue weighted by atomic mass is 35.5. The smallest absolute Gasteiger partial charge is 0.248 e. The summed E-state index contributed by atoms with van der Waals surface area (Å²) in [6.45, 7) is 2.96. The average Bonchev–Trinajstić information content (AvgIpc) is 3.00. The fourth-order valence-electron chi connectivity index (χ4n) is 3.77. The second kappa shape index (κ2) is 10.9. The molecular weight excluding hydrogens is 432 g/mol. The van der Waals surface area contributed by atoms with Gasteiger partial charge >= 0.3 is 0 Å². The van der Waals surface area contributed by atoms with Gasteiger partial charge in [-0.2, -0.15) is 0 Å². The van der Waals surface area contributed by atoms with Crippen molar-refractivity contribution in [3.63, 3.8) is 0 Å². The molecule has 2 heterocycles. The summed E-state index contributed by atoms with van der Waals surface area (Å²) in [4.78, 5) is 20.1. The highest BCUT2D eigenvalue weighted by Gasteiger charge is 2.34. The number of aliphatic hydroxyl groups excluding tert-OH is 1. The Bertz CT molecular complexity index is 965. The molecular formula is C23H27ClN4O4. The van der Waals surface area contributed by atoms with Gasteiger partial charge in [-0.1, -0.05) is 24.3 Å². The number of nitrogens with one attached hydrogen (secondary N) is 2. The maximum Gasteiger partial charge on any atom is 0.248 e. The minimum absolute atomic E-state index is 0.0672. The van der Waals surface area contributed by atoms with Crippen LogP contribution in [0.4, 0.5) is 5.69 Å². The molecule has 0 aromatic heterocycles. The number of para-hydroxylation sites is 3. The van der Waals surface area contributed by atoms with Gasteiger partial charge in [0.25, 0.3) is 0 Å². The lowest BCUT2D eigenvalue weighted by Gasteiger charge is -2.36. The Morgan fingerprint density at radius 3 is 2.75 bits per heavy atom. The van der Waals surface area contributed by atoms with Crippen molar-refractivity contribution in [2.75, 3.05) is 46.0 Å². The molecule has 0 bridgehead atoms. The van der Waals surface area contributed by atoms with E-state index in [9.17, 15) is 4.79 Å². The van der Waals surface area contributed by atoms with Gasteiger partial charge in [0.15, 0.2) is 11.1 Å². The zero-order valence-corrected chi connectivity index (χ0v) is 18.4. The molecule has 2 aromatic carbocycles. The van der Waals surface area contributed by atoms with Crippen LogP contribution < -0.4 is 15.4 Å². The number of ether oxygens (including phenoxy) is 2. The molecule has 1 saturated heterocycles. The number of amides is 1. The van der Waals surface area contributed by atoms with Gasteiger partial charge in [0.05, 0.1) is 31.7 Å². The molecule has 32 heavy (non-hydrogen) atoms. The molecule has 0 saturated carbocycles. The topological polar surface area (TPSA) is 95.4 Å². The minimum atomic E-state index is -1.02. The van der Waals surface area contributed by atoms with E-state index in [2.05, 4.69) is 10.6 Å². The third-order valence-corrected chi connectivity index (χ3v) is 5.73. The van der Waals surface area contributed by atoms with Crippen LogP contribution in [-0.4, -0.2) is 79.2 Å². The zero-order valence-electron chi connectivity index (χ0n) is 17.7. The van der Waals surface area contributed by atoms with Crippen molar-refractivity contribution in [3.8, 4) is 11.5 Å². The van der Waals surface area contributed by atoms with Crippen molar-refractivity contribution in [1.82, 2.24) is 15.5 Å². The number of carbonyl (C=O) groups is 1. The molecule has 4 rings (SSSR count). The van der Waals surface area contributed by atoms with E-state index >= 15 is 0 Å². The number of fused-ring (bicyclic) bond motifs is 2. The van der Waals surface area contributed by atoms with Crippen LogP contribution in [0, 0.1) is 0 Å². The minimum Gasteiger partial charge on any atom is -0.454 e. The number of piperazine rings is 1. The second-order valence-corrected chi connectivity index (χ2v) is 7.90. The summed E-state index contributed by atoms with van der Waals surface area (Å²) in [6.07, 6.45) is -0.222. The molecule has 2 unspecified atom stereocenters. The Kier molecular flexibility index (Phi) is 7.72. The normalized spacial score (nSPS) is 18.4. The van der Waals surface area contributed by atoms with Gasteiger partial charge in [-0.15, -0.1) is 11.6 Å². The first-order valence-electron chi connectivity index (χ1n) is 10.7. The predicted molar refractivity (Wildman–Crippen MR) is 123 cm³/mol. The first kappa shape index (κ1) is 22.7. The van der Waals surface area contributed by atoms with Gasteiger partial charge in [0, 0.05) is 31.7 Å². The maximum absolute atomic E-state index is 13.6. The molecule has 2 atom stereocenters. The summed E-state index contributed by atoms with van der Waals surface area (Å²) in [5.74, 6) is 0.942. The van der Waals surface area contributed by atoms with E-state index < -0.39 is 5.38 Å². The van der Waals surface area contributed by atoms with E-state index in [1.807, 2.05) is 48.5 Å². The van der Waals surface area contributed by atoms with Gasteiger partial charge in [0.1, 0.15) is 11.4 Å². The van der Waals surface area contributed by atoms with Crippen molar-refractivity contribution < 1.29 is 19.4 Å². The standard InChI is InChI=1S/C23H27ClN4O4/c24-21(23(30)28(11-13-31-14-12-29)20-15-25-9-10-26-20)22-16-5-1-3-7-18(16)32-19-8-4-2-6-17(19)27-22/h1-8,20-21,25-26,29H,9-15H2. The van der Waals surface area contributed by atoms with Crippen LogP contribution >= 0.6 is 11.6 Å². The summed E-state index contributed by atoms with van der Waals surface area (Å²) < 4.78 is 11.5. The molecule has 2 aliphatic rings. The van der Waals surface area contributed by atoms with Gasteiger partial charge in [-0.3, -0.25) is 10.1 Å². The lowest BCUT2D eigenvalue weighted by Crippen LogP contribution is -2.61. The number of alkyl halides is 1. The number of hydrogen-bond donors (Lipinski definition) is 3. The van der Waals surface area contributed by atoms with Crippen molar-refractivity contribution in [1.29, 1.82) is 0 Å². The van der Waals surface area contributed by atoms with Crippen LogP contribution in [-0.2, 0) is 9.53 Å². The van der Waals surface area contributed by atoms with Gasteiger partial charge in [-0.05, 0) is 24.3 Å². The molecule has 0 radical (unpaired) electrons. The zero-order chi connectivity index (χ0) is 22.3. The second-order valence-electron chi connectivity index (χ2n) is 7.47. The molecule has 8 nitrogen and oxygen atoms in total. The monoisotopic (exact) mass is 458 g/mol. The fourth-order valence-corrected chi connectivity index (χ4v) is 4.07. The summed E-state index contributed by atoms with van der Waals surface area (Å²) in [5.41, 5.74) is 1.75. The molecule has 9 heteroatoms. The number of benzene rings is 2. The third kappa shape index (κ3) is 5.11. The van der Waals surface area contributed by atoms with E-state index in [4.69, 9.17) is 31.2 Å².